The largest absolute Gasteiger partial charge is 1.00 e. The van der Waals surface area contributed by atoms with Crippen LogP contribution in [-0.2, 0) is 0 Å². The standard InChI is InChI=1S/C36H36P.BrH/c1-2-3-8-19-33(23-17-22-32-20-9-4-10-21-32)24-18-31-37(34-25-11-5-12-26-34,35-27-13-6-14-28-35)36-29-15-7-16-30-36;/h4-7,9-17,20-23,25-30H,2-3,8,19,31H2,1H3;1H/q+1;/p-1/b22-17+,33-23-;. The highest BCUT2D eigenvalue weighted by Gasteiger charge is 2.44. The maximum absolute atomic E-state index is 3.69. The highest BCUT2D eigenvalue weighted by atomic mass is 79.9. The summed E-state index contributed by atoms with van der Waals surface area (Å²) in [7, 11) is -1.93. The van der Waals surface area contributed by atoms with E-state index in [1.165, 1.54) is 46.3 Å². The average Bonchev–Trinajstić information content (AvgIpc) is 2.97. The molecule has 0 aliphatic carbocycles. The smallest absolute Gasteiger partial charge is 0.134 e. The van der Waals surface area contributed by atoms with E-state index in [2.05, 4.69) is 158 Å². The van der Waals surface area contributed by atoms with E-state index in [-0.39, 0.29) is 17.0 Å². The zero-order valence-corrected chi connectivity index (χ0v) is 24.6. The molecule has 0 fully saturated rings. The molecule has 38 heavy (non-hydrogen) atoms. The zero-order chi connectivity index (χ0) is 25.6. The Bertz CT molecular complexity index is 1230. The van der Waals surface area contributed by atoms with Crippen molar-refractivity contribution in [1.82, 2.24) is 0 Å². The summed E-state index contributed by atoms with van der Waals surface area (Å²) in [5.41, 5.74) is 2.43. The van der Waals surface area contributed by atoms with Crippen molar-refractivity contribution in [1.29, 1.82) is 0 Å². The van der Waals surface area contributed by atoms with Crippen LogP contribution in [0.15, 0.2) is 139 Å². The molecule has 0 aromatic heterocycles. The van der Waals surface area contributed by atoms with Gasteiger partial charge in [-0.05, 0) is 54.8 Å². The normalized spacial score (nSPS) is 11.4. The maximum Gasteiger partial charge on any atom is 0.134 e. The van der Waals surface area contributed by atoms with E-state index in [4.69, 9.17) is 0 Å². The van der Waals surface area contributed by atoms with E-state index >= 15 is 0 Å². The molecule has 0 saturated heterocycles. The van der Waals surface area contributed by atoms with E-state index in [0.717, 1.165) is 12.6 Å². The fourth-order valence-electron chi connectivity index (χ4n) is 4.63. The van der Waals surface area contributed by atoms with Crippen LogP contribution in [0, 0.1) is 11.8 Å². The van der Waals surface area contributed by atoms with E-state index < -0.39 is 7.26 Å². The van der Waals surface area contributed by atoms with Gasteiger partial charge in [0.2, 0.25) is 0 Å². The second-order valence-corrected chi connectivity index (χ2v) is 12.7. The molecule has 4 rings (SSSR count). The molecule has 0 nitrogen and oxygen atoms in total. The van der Waals surface area contributed by atoms with Gasteiger partial charge in [0.05, 0.1) is 0 Å². The van der Waals surface area contributed by atoms with Gasteiger partial charge in [-0.25, -0.2) is 0 Å². The molecule has 0 spiro atoms. The van der Waals surface area contributed by atoms with Gasteiger partial charge in [0, 0.05) is 5.57 Å². The quantitative estimate of drug-likeness (QED) is 0.105. The number of rotatable bonds is 10. The van der Waals surface area contributed by atoms with Crippen LogP contribution < -0.4 is 32.9 Å². The summed E-state index contributed by atoms with van der Waals surface area (Å²) in [5, 5.41) is 4.13. The first-order chi connectivity index (χ1) is 18.3. The molecule has 4 aromatic rings. The number of hydrogen-bond donors (Lipinski definition) is 0. The molecule has 4 aromatic carbocycles. The highest BCUT2D eigenvalue weighted by Crippen LogP contribution is 2.54. The molecular formula is C36H36BrP. The molecule has 0 bridgehead atoms. The maximum atomic E-state index is 3.69. The number of unbranched alkanes of at least 4 members (excludes halogenated alkanes) is 2. The molecule has 0 aliphatic rings. The first-order valence-electron chi connectivity index (χ1n) is 13.3. The summed E-state index contributed by atoms with van der Waals surface area (Å²) in [4.78, 5) is 0. The van der Waals surface area contributed by atoms with Gasteiger partial charge in [-0.2, -0.15) is 0 Å². The SMILES string of the molecule is CCCCC/C(C#CC[P+](c1ccccc1)(c1ccccc1)c1ccccc1)=C/C=C/c1ccccc1.[Br-]. The van der Waals surface area contributed by atoms with Gasteiger partial charge >= 0.3 is 0 Å². The first-order valence-corrected chi connectivity index (χ1v) is 15.3. The Morgan fingerprint density at radius 1 is 0.658 bits per heavy atom. The van der Waals surface area contributed by atoms with Gasteiger partial charge in [0.25, 0.3) is 0 Å². The molecule has 0 aliphatic heterocycles. The van der Waals surface area contributed by atoms with Gasteiger partial charge in [-0.15, -0.1) is 0 Å². The second kappa shape index (κ2) is 15.9. The molecule has 2 heteroatoms. The van der Waals surface area contributed by atoms with Crippen LogP contribution in [0.5, 0.6) is 0 Å². The van der Waals surface area contributed by atoms with Crippen molar-refractivity contribution in [2.45, 2.75) is 32.6 Å². The summed E-state index contributed by atoms with van der Waals surface area (Å²) in [6, 6.07) is 43.5. The molecule has 0 amide bonds. The Kier molecular flexibility index (Phi) is 12.3. The van der Waals surface area contributed by atoms with Crippen LogP contribution in [-0.4, -0.2) is 6.16 Å². The summed E-state index contributed by atoms with van der Waals surface area (Å²) < 4.78 is 0. The molecule has 0 radical (unpaired) electrons. The summed E-state index contributed by atoms with van der Waals surface area (Å²) in [5.74, 6) is 7.31. The van der Waals surface area contributed by atoms with E-state index in [1.807, 2.05) is 0 Å². The van der Waals surface area contributed by atoms with Crippen molar-refractivity contribution in [3.63, 3.8) is 0 Å². The minimum Gasteiger partial charge on any atom is -1.00 e. The minimum absolute atomic E-state index is 0. The lowest BCUT2D eigenvalue weighted by Gasteiger charge is -2.25. The Morgan fingerprint density at radius 2 is 1.13 bits per heavy atom. The van der Waals surface area contributed by atoms with Crippen molar-refractivity contribution < 1.29 is 17.0 Å². The van der Waals surface area contributed by atoms with Crippen LogP contribution in [0.25, 0.3) is 6.08 Å². The highest BCUT2D eigenvalue weighted by molar-refractivity contribution is 7.95. The van der Waals surface area contributed by atoms with Crippen molar-refractivity contribution in [3.8, 4) is 11.8 Å². The lowest BCUT2D eigenvalue weighted by Crippen LogP contribution is -3.00. The fourth-order valence-corrected chi connectivity index (χ4v) is 8.43. The van der Waals surface area contributed by atoms with E-state index in [0.29, 0.717) is 0 Å². The monoisotopic (exact) mass is 578 g/mol. The predicted octanol–water partition coefficient (Wildman–Crippen LogP) is 5.21. The fraction of sp³-hybridized carbons (Fsp3) is 0.167. The zero-order valence-electron chi connectivity index (χ0n) is 22.1. The van der Waals surface area contributed by atoms with Gasteiger partial charge in [-0.1, -0.05) is 135 Å². The van der Waals surface area contributed by atoms with Gasteiger partial charge in [0.15, 0.2) is 0 Å². The van der Waals surface area contributed by atoms with Crippen LogP contribution in [0.2, 0.25) is 0 Å². The third kappa shape index (κ3) is 7.91. The van der Waals surface area contributed by atoms with Crippen LogP contribution in [0.4, 0.5) is 0 Å². The van der Waals surface area contributed by atoms with Crippen LogP contribution >= 0.6 is 7.26 Å². The average molecular weight is 580 g/mol. The Labute approximate surface area is 240 Å². The molecule has 0 saturated carbocycles. The first kappa shape index (κ1) is 29.4. The number of hydrogen-bond acceptors (Lipinski definition) is 0. The van der Waals surface area contributed by atoms with Crippen molar-refractivity contribution in [2.75, 3.05) is 6.16 Å². The van der Waals surface area contributed by atoms with Gasteiger partial charge in [0.1, 0.15) is 29.3 Å². The Balaban J connectivity index is 0.00000400. The Morgan fingerprint density at radius 3 is 1.61 bits per heavy atom. The lowest BCUT2D eigenvalue weighted by molar-refractivity contribution is -0.00000723. The van der Waals surface area contributed by atoms with Crippen molar-refractivity contribution in [3.05, 3.63) is 145 Å². The molecule has 0 N–H and O–H groups in total. The van der Waals surface area contributed by atoms with Gasteiger partial charge < -0.3 is 17.0 Å². The Hall–Kier alpha value is -3.17. The number of halogens is 1. The predicted molar refractivity (Wildman–Crippen MR) is 165 cm³/mol. The second-order valence-electron chi connectivity index (χ2n) is 9.20. The summed E-state index contributed by atoms with van der Waals surface area (Å²) in [6.07, 6.45) is 12.0. The van der Waals surface area contributed by atoms with E-state index in [1.54, 1.807) is 0 Å². The number of benzene rings is 4. The molecular weight excluding hydrogens is 543 g/mol. The molecule has 0 unspecified atom stereocenters. The number of allylic oxidation sites excluding steroid dienone is 3. The molecule has 0 heterocycles. The van der Waals surface area contributed by atoms with Crippen LogP contribution in [0.1, 0.15) is 38.2 Å². The third-order valence-electron chi connectivity index (χ3n) is 6.59. The van der Waals surface area contributed by atoms with Crippen molar-refractivity contribution >= 4 is 29.3 Å². The third-order valence-corrected chi connectivity index (χ3v) is 10.8. The summed E-state index contributed by atoms with van der Waals surface area (Å²) in [6.45, 7) is 2.25. The van der Waals surface area contributed by atoms with Crippen molar-refractivity contribution in [2.24, 2.45) is 0 Å². The topological polar surface area (TPSA) is 0 Å². The lowest BCUT2D eigenvalue weighted by atomic mass is 10.1. The van der Waals surface area contributed by atoms with E-state index in [9.17, 15) is 0 Å². The minimum atomic E-state index is -1.93. The van der Waals surface area contributed by atoms with Crippen LogP contribution in [0.3, 0.4) is 0 Å². The molecule has 0 atom stereocenters. The van der Waals surface area contributed by atoms with Gasteiger partial charge in [-0.3, -0.25) is 0 Å². The summed E-state index contributed by atoms with van der Waals surface area (Å²) >= 11 is 0. The molecule has 192 valence electrons.